The lowest BCUT2D eigenvalue weighted by Crippen LogP contribution is -2.38. The van der Waals surface area contributed by atoms with Gasteiger partial charge in [0.15, 0.2) is 11.4 Å². The van der Waals surface area contributed by atoms with Crippen LogP contribution in [0.1, 0.15) is 54.9 Å². The van der Waals surface area contributed by atoms with Crippen LogP contribution in [0.25, 0.3) is 0 Å². The van der Waals surface area contributed by atoms with Crippen LogP contribution in [0.3, 0.4) is 0 Å². The summed E-state index contributed by atoms with van der Waals surface area (Å²) in [6, 6.07) is 0.621. The second-order valence-corrected chi connectivity index (χ2v) is 6.83. The highest BCUT2D eigenvalue weighted by atomic mass is 32.1. The van der Waals surface area contributed by atoms with Crippen molar-refractivity contribution < 1.29 is 4.79 Å². The van der Waals surface area contributed by atoms with Crippen LogP contribution in [-0.2, 0) is 0 Å². The lowest BCUT2D eigenvalue weighted by Gasteiger charge is -2.27. The van der Waals surface area contributed by atoms with E-state index in [9.17, 15) is 4.79 Å². The quantitative estimate of drug-likeness (QED) is 0.756. The van der Waals surface area contributed by atoms with Gasteiger partial charge in [0, 0.05) is 19.6 Å². The summed E-state index contributed by atoms with van der Waals surface area (Å²) >= 11 is 1.52. The van der Waals surface area contributed by atoms with Crippen molar-refractivity contribution in [2.75, 3.05) is 31.6 Å². The first-order valence-electron chi connectivity index (χ1n) is 7.47. The van der Waals surface area contributed by atoms with Gasteiger partial charge in [0.1, 0.15) is 0 Å². The zero-order valence-electron chi connectivity index (χ0n) is 12.9. The highest BCUT2D eigenvalue weighted by Gasteiger charge is 2.25. The fraction of sp³-hybridized carbons (Fsp3) is 0.733. The molecule has 0 N–H and O–H groups in total. The normalized spacial score (nSPS) is 19.8. The summed E-state index contributed by atoms with van der Waals surface area (Å²) in [6.07, 6.45) is 3.50. The number of rotatable bonds is 6. The molecule has 2 heterocycles. The molecule has 1 saturated heterocycles. The number of aldehydes is 1. The van der Waals surface area contributed by atoms with Crippen molar-refractivity contribution in [3.63, 3.8) is 0 Å². The summed E-state index contributed by atoms with van der Waals surface area (Å²) in [5, 5.41) is 0.971. The van der Waals surface area contributed by atoms with E-state index < -0.39 is 0 Å². The number of carbonyl (C=O) groups is 1. The van der Waals surface area contributed by atoms with E-state index in [0.717, 1.165) is 35.1 Å². The van der Waals surface area contributed by atoms with Crippen LogP contribution in [-0.4, -0.2) is 48.9 Å². The first-order valence-corrected chi connectivity index (χ1v) is 8.29. The van der Waals surface area contributed by atoms with Gasteiger partial charge in [-0.25, -0.2) is 4.98 Å². The van der Waals surface area contributed by atoms with E-state index in [-0.39, 0.29) is 0 Å². The molecule has 1 aliphatic rings. The van der Waals surface area contributed by atoms with E-state index >= 15 is 0 Å². The van der Waals surface area contributed by atoms with Crippen LogP contribution in [0.2, 0.25) is 0 Å². The minimum absolute atomic E-state index is 0.298. The Morgan fingerprint density at radius 2 is 2.30 bits per heavy atom. The number of hydrogen-bond donors (Lipinski definition) is 0. The molecule has 0 radical (unpaired) electrons. The van der Waals surface area contributed by atoms with Crippen LogP contribution < -0.4 is 4.90 Å². The molecule has 1 unspecified atom stereocenters. The highest BCUT2D eigenvalue weighted by molar-refractivity contribution is 7.17. The molecule has 1 aromatic rings. The predicted octanol–water partition coefficient (Wildman–Crippen LogP) is 3.00. The summed E-state index contributed by atoms with van der Waals surface area (Å²) in [6.45, 7) is 9.72. The number of hydrogen-bond acceptors (Lipinski definition) is 5. The van der Waals surface area contributed by atoms with Crippen LogP contribution >= 0.6 is 11.3 Å². The minimum Gasteiger partial charge on any atom is -0.350 e. The molecule has 1 aromatic heterocycles. The van der Waals surface area contributed by atoms with Crippen molar-refractivity contribution in [3.05, 3.63) is 10.6 Å². The summed E-state index contributed by atoms with van der Waals surface area (Å²) in [7, 11) is 2.09. The van der Waals surface area contributed by atoms with Gasteiger partial charge in [-0.3, -0.25) is 9.69 Å². The SMILES string of the molecule is CCN1CCCC1CN(C)c1nc(C(C)C)c(C=O)s1. The third-order valence-electron chi connectivity index (χ3n) is 4.04. The first-order chi connectivity index (χ1) is 9.56. The predicted molar refractivity (Wildman–Crippen MR) is 85.1 cm³/mol. The van der Waals surface area contributed by atoms with Gasteiger partial charge in [0.2, 0.25) is 0 Å². The van der Waals surface area contributed by atoms with Crippen LogP contribution in [0.15, 0.2) is 0 Å². The number of nitrogens with zero attached hydrogens (tertiary/aromatic N) is 3. The Balaban J connectivity index is 2.09. The number of carbonyl (C=O) groups excluding carboxylic acids is 1. The average molecular weight is 295 g/mol. The largest absolute Gasteiger partial charge is 0.350 e. The molecule has 0 aromatic carbocycles. The topological polar surface area (TPSA) is 36.4 Å². The number of likely N-dealkylation sites (N-methyl/N-ethyl adjacent to an activating group) is 2. The molecule has 2 rings (SSSR count). The maximum Gasteiger partial charge on any atom is 0.186 e. The van der Waals surface area contributed by atoms with E-state index in [2.05, 4.69) is 42.6 Å². The molecule has 0 spiro atoms. The van der Waals surface area contributed by atoms with E-state index in [4.69, 9.17) is 0 Å². The van der Waals surface area contributed by atoms with Gasteiger partial charge in [-0.1, -0.05) is 32.1 Å². The van der Waals surface area contributed by atoms with Crippen molar-refractivity contribution in [3.8, 4) is 0 Å². The number of anilines is 1. The van der Waals surface area contributed by atoms with Gasteiger partial charge in [-0.2, -0.15) is 0 Å². The maximum absolute atomic E-state index is 11.2. The summed E-state index contributed by atoms with van der Waals surface area (Å²) in [4.78, 5) is 21.3. The highest BCUT2D eigenvalue weighted by Crippen LogP contribution is 2.30. The minimum atomic E-state index is 0.298. The van der Waals surface area contributed by atoms with Crippen LogP contribution in [0, 0.1) is 0 Å². The monoisotopic (exact) mass is 295 g/mol. The fourth-order valence-electron chi connectivity index (χ4n) is 2.91. The van der Waals surface area contributed by atoms with Crippen LogP contribution in [0.4, 0.5) is 5.13 Å². The first kappa shape index (κ1) is 15.4. The van der Waals surface area contributed by atoms with Gasteiger partial charge < -0.3 is 4.90 Å². The van der Waals surface area contributed by atoms with E-state index in [1.54, 1.807) is 0 Å². The summed E-state index contributed by atoms with van der Waals surface area (Å²) in [5.41, 5.74) is 0.936. The van der Waals surface area contributed by atoms with Crippen molar-refractivity contribution in [2.45, 2.75) is 45.6 Å². The fourth-order valence-corrected chi connectivity index (χ4v) is 3.91. The second-order valence-electron chi connectivity index (χ2n) is 5.82. The lowest BCUT2D eigenvalue weighted by molar-refractivity contribution is 0.112. The Kier molecular flexibility index (Phi) is 5.16. The van der Waals surface area contributed by atoms with Gasteiger partial charge in [0.25, 0.3) is 0 Å². The molecule has 1 atom stereocenters. The van der Waals surface area contributed by atoms with E-state index in [1.165, 1.54) is 30.7 Å². The molecular weight excluding hydrogens is 270 g/mol. The number of thiazole rings is 1. The molecule has 0 bridgehead atoms. The number of aromatic nitrogens is 1. The zero-order chi connectivity index (χ0) is 14.7. The third-order valence-corrected chi connectivity index (χ3v) is 5.15. The Bertz CT molecular complexity index is 458. The smallest absolute Gasteiger partial charge is 0.186 e. The van der Waals surface area contributed by atoms with Crippen LogP contribution in [0.5, 0.6) is 0 Å². The summed E-state index contributed by atoms with van der Waals surface area (Å²) < 4.78 is 0. The molecule has 20 heavy (non-hydrogen) atoms. The third kappa shape index (κ3) is 3.20. The number of likely N-dealkylation sites (tertiary alicyclic amines) is 1. The molecule has 1 fully saturated rings. The molecule has 0 aliphatic carbocycles. The van der Waals surface area contributed by atoms with Gasteiger partial charge in [-0.15, -0.1) is 0 Å². The standard InChI is InChI=1S/C15H25N3OS/c1-5-18-8-6-7-12(18)9-17(4)15-16-14(11(2)3)13(10-19)20-15/h10-12H,5-9H2,1-4H3. The van der Waals surface area contributed by atoms with Crippen molar-refractivity contribution >= 4 is 22.8 Å². The Morgan fingerprint density at radius 1 is 1.55 bits per heavy atom. The Labute approximate surface area is 125 Å². The van der Waals surface area contributed by atoms with Crippen molar-refractivity contribution in [1.82, 2.24) is 9.88 Å². The molecule has 5 heteroatoms. The molecule has 0 saturated carbocycles. The van der Waals surface area contributed by atoms with Crippen molar-refractivity contribution in [2.24, 2.45) is 0 Å². The lowest BCUT2D eigenvalue weighted by atomic mass is 10.1. The Morgan fingerprint density at radius 3 is 2.85 bits per heavy atom. The zero-order valence-corrected chi connectivity index (χ0v) is 13.7. The van der Waals surface area contributed by atoms with Crippen molar-refractivity contribution in [1.29, 1.82) is 0 Å². The van der Waals surface area contributed by atoms with E-state index in [1.807, 2.05) is 0 Å². The maximum atomic E-state index is 11.2. The van der Waals surface area contributed by atoms with Gasteiger partial charge in [-0.05, 0) is 31.8 Å². The Hall–Kier alpha value is -0.940. The van der Waals surface area contributed by atoms with Gasteiger partial charge in [0.05, 0.1) is 10.6 Å². The van der Waals surface area contributed by atoms with Gasteiger partial charge >= 0.3 is 0 Å². The molecular formula is C15H25N3OS. The summed E-state index contributed by atoms with van der Waals surface area (Å²) in [5.74, 6) is 0.298. The molecule has 112 valence electrons. The van der Waals surface area contributed by atoms with E-state index in [0.29, 0.717) is 12.0 Å². The molecule has 0 amide bonds. The molecule has 1 aliphatic heterocycles. The second kappa shape index (κ2) is 6.68. The molecule has 4 nitrogen and oxygen atoms in total. The average Bonchev–Trinajstić information content (AvgIpc) is 3.04.